The van der Waals surface area contributed by atoms with Crippen molar-refractivity contribution >= 4 is 11.9 Å². The molecule has 1 aromatic heterocycles. The standard InChI is InChI=1S/C18H16N4O/c1-23-17-5-3-2-4-15(17)11-22-12-20-21-18(22)14-7-6-13-8-9-19-16(13)10-14/h2-7,9-10,12H,8,11H2,1H3. The first-order valence-electron chi connectivity index (χ1n) is 7.50. The number of rotatable bonds is 4. The Morgan fingerprint density at radius 1 is 1.17 bits per heavy atom. The number of hydrogen-bond acceptors (Lipinski definition) is 4. The predicted molar refractivity (Wildman–Crippen MR) is 89.4 cm³/mol. The molecule has 0 bridgehead atoms. The molecule has 0 unspecified atom stereocenters. The highest BCUT2D eigenvalue weighted by atomic mass is 16.5. The normalized spacial score (nSPS) is 12.4. The summed E-state index contributed by atoms with van der Waals surface area (Å²) in [5, 5.41) is 8.36. The highest BCUT2D eigenvalue weighted by Crippen LogP contribution is 2.30. The van der Waals surface area contributed by atoms with Crippen LogP contribution in [0.4, 0.5) is 5.69 Å². The molecule has 0 aliphatic carbocycles. The Labute approximate surface area is 134 Å². The van der Waals surface area contributed by atoms with Crippen molar-refractivity contribution in [2.45, 2.75) is 13.0 Å². The summed E-state index contributed by atoms with van der Waals surface area (Å²) in [5.74, 6) is 1.70. The van der Waals surface area contributed by atoms with E-state index in [2.05, 4.69) is 39.5 Å². The van der Waals surface area contributed by atoms with E-state index < -0.39 is 0 Å². The molecule has 0 spiro atoms. The van der Waals surface area contributed by atoms with Gasteiger partial charge in [-0.3, -0.25) is 4.99 Å². The van der Waals surface area contributed by atoms with Gasteiger partial charge in [0, 0.05) is 23.8 Å². The Balaban J connectivity index is 1.70. The molecule has 4 rings (SSSR count). The second-order valence-corrected chi connectivity index (χ2v) is 5.45. The van der Waals surface area contributed by atoms with Crippen molar-refractivity contribution in [3.8, 4) is 17.1 Å². The number of fused-ring (bicyclic) bond motifs is 1. The van der Waals surface area contributed by atoms with E-state index >= 15 is 0 Å². The molecule has 2 aromatic carbocycles. The van der Waals surface area contributed by atoms with Crippen LogP contribution in [0.5, 0.6) is 5.75 Å². The van der Waals surface area contributed by atoms with Gasteiger partial charge in [0.1, 0.15) is 12.1 Å². The molecule has 0 saturated heterocycles. The smallest absolute Gasteiger partial charge is 0.164 e. The molecule has 5 nitrogen and oxygen atoms in total. The molecule has 23 heavy (non-hydrogen) atoms. The minimum Gasteiger partial charge on any atom is -0.496 e. The zero-order chi connectivity index (χ0) is 15.6. The number of methoxy groups -OCH3 is 1. The Morgan fingerprint density at radius 3 is 3.00 bits per heavy atom. The molecule has 0 atom stereocenters. The van der Waals surface area contributed by atoms with Gasteiger partial charge in [0.2, 0.25) is 0 Å². The van der Waals surface area contributed by atoms with Crippen molar-refractivity contribution < 1.29 is 4.74 Å². The van der Waals surface area contributed by atoms with E-state index in [1.807, 2.05) is 29.0 Å². The minimum atomic E-state index is 0.659. The second kappa shape index (κ2) is 5.68. The van der Waals surface area contributed by atoms with E-state index in [0.717, 1.165) is 34.8 Å². The van der Waals surface area contributed by atoms with Gasteiger partial charge < -0.3 is 9.30 Å². The molecule has 0 fully saturated rings. The van der Waals surface area contributed by atoms with Crippen LogP contribution in [-0.4, -0.2) is 28.1 Å². The van der Waals surface area contributed by atoms with Gasteiger partial charge >= 0.3 is 0 Å². The van der Waals surface area contributed by atoms with Crippen molar-refractivity contribution in [2.75, 3.05) is 7.11 Å². The number of aromatic nitrogens is 3. The predicted octanol–water partition coefficient (Wildman–Crippen LogP) is 3.26. The van der Waals surface area contributed by atoms with Crippen molar-refractivity contribution in [3.63, 3.8) is 0 Å². The average molecular weight is 304 g/mol. The summed E-state index contributed by atoms with van der Waals surface area (Å²) in [6.07, 6.45) is 4.59. The van der Waals surface area contributed by atoms with E-state index in [1.165, 1.54) is 5.56 Å². The number of aliphatic imine (C=N–C) groups is 1. The molecule has 0 radical (unpaired) electrons. The van der Waals surface area contributed by atoms with Crippen LogP contribution in [0.15, 0.2) is 53.8 Å². The molecule has 5 heteroatoms. The highest BCUT2D eigenvalue weighted by Gasteiger charge is 2.13. The third-order valence-electron chi connectivity index (χ3n) is 4.03. The lowest BCUT2D eigenvalue weighted by molar-refractivity contribution is 0.408. The molecular formula is C18H16N4O. The first-order valence-corrected chi connectivity index (χ1v) is 7.50. The van der Waals surface area contributed by atoms with Crippen molar-refractivity contribution in [1.29, 1.82) is 0 Å². The number of nitrogens with zero attached hydrogens (tertiary/aromatic N) is 4. The topological polar surface area (TPSA) is 52.3 Å². The number of hydrogen-bond donors (Lipinski definition) is 0. The fourth-order valence-corrected chi connectivity index (χ4v) is 2.85. The molecule has 0 N–H and O–H groups in total. The van der Waals surface area contributed by atoms with E-state index in [4.69, 9.17) is 4.74 Å². The Morgan fingerprint density at radius 2 is 2.09 bits per heavy atom. The van der Waals surface area contributed by atoms with Crippen LogP contribution in [-0.2, 0) is 13.0 Å². The maximum absolute atomic E-state index is 5.43. The number of para-hydroxylation sites is 1. The summed E-state index contributed by atoms with van der Waals surface area (Å²) >= 11 is 0. The van der Waals surface area contributed by atoms with Crippen LogP contribution in [0.2, 0.25) is 0 Å². The van der Waals surface area contributed by atoms with E-state index in [1.54, 1.807) is 13.4 Å². The Hall–Kier alpha value is -2.95. The number of ether oxygens (including phenoxy) is 1. The molecule has 1 aliphatic rings. The van der Waals surface area contributed by atoms with E-state index in [-0.39, 0.29) is 0 Å². The zero-order valence-corrected chi connectivity index (χ0v) is 12.8. The number of benzene rings is 2. The summed E-state index contributed by atoms with van der Waals surface area (Å²) in [5.41, 5.74) is 4.39. The Bertz CT molecular complexity index is 882. The van der Waals surface area contributed by atoms with Crippen LogP contribution >= 0.6 is 0 Å². The first-order chi connectivity index (χ1) is 11.3. The van der Waals surface area contributed by atoms with Gasteiger partial charge in [-0.05, 0) is 17.7 Å². The molecule has 1 aliphatic heterocycles. The van der Waals surface area contributed by atoms with Gasteiger partial charge in [-0.2, -0.15) is 0 Å². The van der Waals surface area contributed by atoms with Crippen LogP contribution < -0.4 is 4.74 Å². The van der Waals surface area contributed by atoms with Gasteiger partial charge in [0.05, 0.1) is 19.3 Å². The lowest BCUT2D eigenvalue weighted by Gasteiger charge is -2.11. The summed E-state index contributed by atoms with van der Waals surface area (Å²) < 4.78 is 7.45. The maximum Gasteiger partial charge on any atom is 0.164 e. The van der Waals surface area contributed by atoms with Crippen molar-refractivity contribution in [3.05, 3.63) is 59.9 Å². The molecule has 2 heterocycles. The maximum atomic E-state index is 5.43. The first kappa shape index (κ1) is 13.7. The van der Waals surface area contributed by atoms with Crippen LogP contribution in [0, 0.1) is 0 Å². The van der Waals surface area contributed by atoms with Crippen molar-refractivity contribution in [1.82, 2.24) is 14.8 Å². The molecular weight excluding hydrogens is 288 g/mol. The quantitative estimate of drug-likeness (QED) is 0.743. The highest BCUT2D eigenvalue weighted by molar-refractivity contribution is 5.78. The third kappa shape index (κ3) is 2.50. The van der Waals surface area contributed by atoms with E-state index in [9.17, 15) is 0 Å². The summed E-state index contributed by atoms with van der Waals surface area (Å²) in [7, 11) is 1.68. The molecule has 0 amide bonds. The third-order valence-corrected chi connectivity index (χ3v) is 4.03. The summed E-state index contributed by atoms with van der Waals surface area (Å²) in [6, 6.07) is 14.2. The van der Waals surface area contributed by atoms with Gasteiger partial charge in [0.15, 0.2) is 5.82 Å². The zero-order valence-electron chi connectivity index (χ0n) is 12.8. The lowest BCUT2D eigenvalue weighted by Crippen LogP contribution is -2.03. The summed E-state index contributed by atoms with van der Waals surface area (Å²) in [6.45, 7) is 0.659. The SMILES string of the molecule is COc1ccccc1Cn1cnnc1-c1ccc2c(c1)N=CC2. The monoisotopic (exact) mass is 304 g/mol. The van der Waals surface area contributed by atoms with Gasteiger partial charge in [0.25, 0.3) is 0 Å². The minimum absolute atomic E-state index is 0.659. The van der Waals surface area contributed by atoms with Crippen molar-refractivity contribution in [2.24, 2.45) is 4.99 Å². The second-order valence-electron chi connectivity index (χ2n) is 5.45. The molecule has 0 saturated carbocycles. The summed E-state index contributed by atoms with van der Waals surface area (Å²) in [4.78, 5) is 4.41. The van der Waals surface area contributed by atoms with E-state index in [0.29, 0.717) is 6.54 Å². The van der Waals surface area contributed by atoms with Crippen LogP contribution in [0.25, 0.3) is 11.4 Å². The van der Waals surface area contributed by atoms with Gasteiger partial charge in [-0.15, -0.1) is 10.2 Å². The molecule has 114 valence electrons. The fraction of sp³-hybridized carbons (Fsp3) is 0.167. The molecule has 3 aromatic rings. The largest absolute Gasteiger partial charge is 0.496 e. The van der Waals surface area contributed by atoms with Crippen LogP contribution in [0.1, 0.15) is 11.1 Å². The van der Waals surface area contributed by atoms with Gasteiger partial charge in [-0.1, -0.05) is 30.3 Å². The lowest BCUT2D eigenvalue weighted by atomic mass is 10.1. The average Bonchev–Trinajstić information content (AvgIpc) is 3.23. The van der Waals surface area contributed by atoms with Gasteiger partial charge in [-0.25, -0.2) is 0 Å². The van der Waals surface area contributed by atoms with Crippen LogP contribution in [0.3, 0.4) is 0 Å². The Kier molecular flexibility index (Phi) is 3.38. The fourth-order valence-electron chi connectivity index (χ4n) is 2.85.